The topological polar surface area (TPSA) is 57.6 Å². The second-order valence-corrected chi connectivity index (χ2v) is 6.54. The lowest BCUT2D eigenvalue weighted by atomic mass is 10.00. The van der Waals surface area contributed by atoms with Crippen molar-refractivity contribution in [3.8, 4) is 0 Å². The summed E-state index contributed by atoms with van der Waals surface area (Å²) < 4.78 is 0. The largest absolute Gasteiger partial charge is 0.480 e. The minimum absolute atomic E-state index is 0.184. The fourth-order valence-electron chi connectivity index (χ4n) is 2.46. The zero-order chi connectivity index (χ0) is 14.7. The van der Waals surface area contributed by atoms with Gasteiger partial charge in [0, 0.05) is 11.9 Å². The molecule has 1 aromatic heterocycles. The van der Waals surface area contributed by atoms with Gasteiger partial charge in [0.15, 0.2) is 0 Å². The van der Waals surface area contributed by atoms with Crippen LogP contribution in [0.1, 0.15) is 52.7 Å². The average molecular weight is 295 g/mol. The van der Waals surface area contributed by atoms with Crippen LogP contribution in [0.5, 0.6) is 0 Å². The van der Waals surface area contributed by atoms with Crippen LogP contribution in [0.25, 0.3) is 0 Å². The number of carbonyl (C=O) groups is 2. The van der Waals surface area contributed by atoms with Crippen molar-refractivity contribution in [2.24, 2.45) is 0 Å². The molecular weight excluding hydrogens is 274 g/mol. The van der Waals surface area contributed by atoms with Gasteiger partial charge in [-0.3, -0.25) is 4.79 Å². The van der Waals surface area contributed by atoms with Crippen molar-refractivity contribution in [3.63, 3.8) is 0 Å². The Morgan fingerprint density at radius 1 is 1.25 bits per heavy atom. The number of hydrogen-bond acceptors (Lipinski definition) is 3. The van der Waals surface area contributed by atoms with Crippen LogP contribution in [-0.4, -0.2) is 35.0 Å². The molecule has 4 nitrogen and oxygen atoms in total. The third kappa shape index (κ3) is 3.20. The van der Waals surface area contributed by atoms with Crippen LogP contribution in [0.2, 0.25) is 0 Å². The van der Waals surface area contributed by atoms with Crippen LogP contribution >= 0.6 is 11.3 Å². The molecule has 1 aliphatic carbocycles. The molecule has 0 spiro atoms. The molecule has 1 aliphatic rings. The third-order valence-electron chi connectivity index (χ3n) is 3.97. The molecule has 1 atom stereocenters. The molecule has 20 heavy (non-hydrogen) atoms. The van der Waals surface area contributed by atoms with E-state index in [1.54, 1.807) is 7.05 Å². The molecule has 110 valence electrons. The van der Waals surface area contributed by atoms with Crippen molar-refractivity contribution in [1.29, 1.82) is 0 Å². The van der Waals surface area contributed by atoms with Gasteiger partial charge in [-0.1, -0.05) is 12.8 Å². The summed E-state index contributed by atoms with van der Waals surface area (Å²) in [6.07, 6.45) is 6.97. The molecule has 0 saturated carbocycles. The Labute approximate surface area is 123 Å². The summed E-state index contributed by atoms with van der Waals surface area (Å²) in [6, 6.07) is 1.17. The summed E-state index contributed by atoms with van der Waals surface area (Å²) in [5, 5.41) is 8.99. The normalized spacial score (nSPS) is 16.7. The van der Waals surface area contributed by atoms with E-state index in [9.17, 15) is 9.59 Å². The number of thiophene rings is 1. The highest BCUT2D eigenvalue weighted by atomic mass is 32.1. The summed E-state index contributed by atoms with van der Waals surface area (Å²) in [4.78, 5) is 26.6. The summed E-state index contributed by atoms with van der Waals surface area (Å²) in [6.45, 7) is 1.53. The Bertz CT molecular complexity index is 484. The number of hydrogen-bond donors (Lipinski definition) is 1. The number of carbonyl (C=O) groups excluding carboxylic acids is 1. The lowest BCUT2D eigenvalue weighted by Gasteiger charge is -2.20. The van der Waals surface area contributed by atoms with Gasteiger partial charge < -0.3 is 10.0 Å². The highest BCUT2D eigenvalue weighted by Gasteiger charge is 2.25. The molecule has 1 unspecified atom stereocenters. The van der Waals surface area contributed by atoms with Gasteiger partial charge >= 0.3 is 5.97 Å². The van der Waals surface area contributed by atoms with Gasteiger partial charge in [0.1, 0.15) is 6.04 Å². The predicted octanol–water partition coefficient (Wildman–Crippen LogP) is 2.95. The number of carboxylic acids is 1. The van der Waals surface area contributed by atoms with Gasteiger partial charge in [0.05, 0.1) is 4.88 Å². The van der Waals surface area contributed by atoms with Gasteiger partial charge in [-0.15, -0.1) is 11.3 Å². The summed E-state index contributed by atoms with van der Waals surface area (Å²) in [5.41, 5.74) is 1.29. The quantitative estimate of drug-likeness (QED) is 0.932. The van der Waals surface area contributed by atoms with Crippen molar-refractivity contribution in [1.82, 2.24) is 4.90 Å². The molecule has 5 heteroatoms. The minimum Gasteiger partial charge on any atom is -0.480 e. The van der Waals surface area contributed by atoms with Crippen molar-refractivity contribution in [3.05, 3.63) is 21.4 Å². The molecule has 0 radical (unpaired) electrons. The summed E-state index contributed by atoms with van der Waals surface area (Å²) in [5.74, 6) is -1.16. The number of aliphatic carboxylic acids is 1. The van der Waals surface area contributed by atoms with E-state index in [2.05, 4.69) is 0 Å². The van der Waals surface area contributed by atoms with E-state index < -0.39 is 12.0 Å². The predicted molar refractivity (Wildman–Crippen MR) is 79.4 cm³/mol. The Hall–Kier alpha value is -1.36. The Morgan fingerprint density at radius 3 is 2.55 bits per heavy atom. The molecule has 0 bridgehead atoms. The highest BCUT2D eigenvalue weighted by molar-refractivity contribution is 7.14. The molecule has 0 aromatic carbocycles. The molecule has 1 heterocycles. The second-order valence-electron chi connectivity index (χ2n) is 5.40. The molecule has 2 rings (SSSR count). The fourth-order valence-corrected chi connectivity index (χ4v) is 3.70. The van der Waals surface area contributed by atoms with E-state index in [4.69, 9.17) is 5.11 Å². The average Bonchev–Trinajstić information content (AvgIpc) is 2.78. The first-order chi connectivity index (χ1) is 9.50. The summed E-state index contributed by atoms with van der Waals surface area (Å²) >= 11 is 1.54. The van der Waals surface area contributed by atoms with Crippen LogP contribution in [0.4, 0.5) is 0 Å². The van der Waals surface area contributed by atoms with E-state index >= 15 is 0 Å². The Balaban J connectivity index is 2.18. The van der Waals surface area contributed by atoms with E-state index in [-0.39, 0.29) is 5.91 Å². The first-order valence-corrected chi connectivity index (χ1v) is 7.94. The van der Waals surface area contributed by atoms with Gasteiger partial charge in [-0.05, 0) is 44.2 Å². The van der Waals surface area contributed by atoms with Crippen molar-refractivity contribution < 1.29 is 14.7 Å². The van der Waals surface area contributed by atoms with Gasteiger partial charge in [0.2, 0.25) is 0 Å². The van der Waals surface area contributed by atoms with Crippen LogP contribution in [0, 0.1) is 0 Å². The Kier molecular flexibility index (Phi) is 4.81. The van der Waals surface area contributed by atoms with Crippen LogP contribution in [0.3, 0.4) is 0 Å². The highest BCUT2D eigenvalue weighted by Crippen LogP contribution is 2.29. The standard InChI is InChI=1S/C15H21NO3S/c1-10(15(18)19)16(2)14(17)13-9-11-7-5-3-4-6-8-12(11)20-13/h9-10H,3-8H2,1-2H3,(H,18,19). The van der Waals surface area contributed by atoms with E-state index in [1.165, 1.54) is 59.3 Å². The first-order valence-electron chi connectivity index (χ1n) is 7.12. The molecule has 0 aliphatic heterocycles. The minimum atomic E-state index is -0.976. The molecule has 0 fully saturated rings. The number of likely N-dealkylation sites (N-methyl/N-ethyl adjacent to an activating group) is 1. The maximum Gasteiger partial charge on any atom is 0.326 e. The summed E-state index contributed by atoms with van der Waals surface area (Å²) in [7, 11) is 1.55. The lowest BCUT2D eigenvalue weighted by Crippen LogP contribution is -2.39. The van der Waals surface area contributed by atoms with E-state index in [0.717, 1.165) is 12.8 Å². The monoisotopic (exact) mass is 295 g/mol. The maximum absolute atomic E-state index is 12.4. The molecular formula is C15H21NO3S. The number of carboxylic acid groups (broad SMARTS) is 1. The van der Waals surface area contributed by atoms with Crippen molar-refractivity contribution >= 4 is 23.2 Å². The lowest BCUT2D eigenvalue weighted by molar-refractivity contribution is -0.141. The van der Waals surface area contributed by atoms with Crippen molar-refractivity contribution in [2.75, 3.05) is 7.05 Å². The SMILES string of the molecule is CC(C(=O)O)N(C)C(=O)c1cc2c(s1)CCCCCC2. The maximum atomic E-state index is 12.4. The van der Waals surface area contributed by atoms with E-state index in [1.807, 2.05) is 6.07 Å². The van der Waals surface area contributed by atoms with Crippen LogP contribution in [-0.2, 0) is 17.6 Å². The smallest absolute Gasteiger partial charge is 0.326 e. The zero-order valence-corrected chi connectivity index (χ0v) is 12.8. The van der Waals surface area contributed by atoms with Crippen LogP contribution < -0.4 is 0 Å². The molecule has 1 N–H and O–H groups in total. The molecule has 1 aromatic rings. The van der Waals surface area contributed by atoms with Gasteiger partial charge in [-0.25, -0.2) is 4.79 Å². The van der Waals surface area contributed by atoms with Crippen LogP contribution in [0.15, 0.2) is 6.07 Å². The fraction of sp³-hybridized carbons (Fsp3) is 0.600. The molecule has 0 saturated heterocycles. The second kappa shape index (κ2) is 6.39. The number of fused-ring (bicyclic) bond motifs is 1. The van der Waals surface area contributed by atoms with Gasteiger partial charge in [-0.2, -0.15) is 0 Å². The third-order valence-corrected chi connectivity index (χ3v) is 5.19. The number of aryl methyl sites for hydroxylation is 2. The zero-order valence-electron chi connectivity index (χ0n) is 12.0. The number of nitrogens with zero attached hydrogens (tertiary/aromatic N) is 1. The number of rotatable bonds is 3. The Morgan fingerprint density at radius 2 is 1.90 bits per heavy atom. The van der Waals surface area contributed by atoms with Gasteiger partial charge in [0.25, 0.3) is 5.91 Å². The number of amides is 1. The van der Waals surface area contributed by atoms with Crippen molar-refractivity contribution in [2.45, 2.75) is 51.5 Å². The van der Waals surface area contributed by atoms with E-state index in [0.29, 0.717) is 4.88 Å². The first kappa shape index (κ1) is 15.0. The molecule has 1 amide bonds.